The molecule has 0 saturated heterocycles. The van der Waals surface area contributed by atoms with Crippen LogP contribution in [0.15, 0.2) is 72.9 Å². The first-order valence-electron chi connectivity index (χ1n) is 12.0. The molecule has 6 heteroatoms. The van der Waals surface area contributed by atoms with Gasteiger partial charge >= 0.3 is 0 Å². The molecule has 0 unspecified atom stereocenters. The van der Waals surface area contributed by atoms with Gasteiger partial charge in [0.2, 0.25) is 0 Å². The molecule has 5 rings (SSSR count). The number of hydrogen-bond donors (Lipinski definition) is 1. The fourth-order valence-electron chi connectivity index (χ4n) is 4.55. The second-order valence-electron chi connectivity index (χ2n) is 9.24. The van der Waals surface area contributed by atoms with Gasteiger partial charge in [-0.1, -0.05) is 66.2 Å². The van der Waals surface area contributed by atoms with Crippen molar-refractivity contribution in [3.05, 3.63) is 89.1 Å². The summed E-state index contributed by atoms with van der Waals surface area (Å²) in [7, 11) is 4.19. The van der Waals surface area contributed by atoms with Crippen LogP contribution in [0.5, 0.6) is 0 Å². The molecule has 0 spiro atoms. The number of aryl methyl sites for hydroxylation is 1. The van der Waals surface area contributed by atoms with Crippen molar-refractivity contribution in [2.24, 2.45) is 0 Å². The normalized spacial score (nSPS) is 11.6. The van der Waals surface area contributed by atoms with E-state index in [1.54, 1.807) is 0 Å². The first-order valence-corrected chi connectivity index (χ1v) is 12.4. The van der Waals surface area contributed by atoms with Crippen molar-refractivity contribution in [2.75, 3.05) is 32.5 Å². The Morgan fingerprint density at radius 3 is 2.49 bits per heavy atom. The SMILES string of the molecule is Cc1cccc2c(NCCCN(C)C)nc(-c3cn(Cc4ccccc4)c4c(Cl)cccc34)nc12. The molecule has 0 amide bonds. The largest absolute Gasteiger partial charge is 0.369 e. The number of halogens is 1. The summed E-state index contributed by atoms with van der Waals surface area (Å²) in [6.45, 7) is 4.69. The van der Waals surface area contributed by atoms with Crippen molar-refractivity contribution < 1.29 is 0 Å². The Morgan fingerprint density at radius 1 is 0.914 bits per heavy atom. The molecular formula is C29H30ClN5. The van der Waals surface area contributed by atoms with Crippen LogP contribution in [0.1, 0.15) is 17.5 Å². The second kappa shape index (κ2) is 10.1. The first kappa shape index (κ1) is 23.3. The Kier molecular flexibility index (Phi) is 6.71. The van der Waals surface area contributed by atoms with Crippen LogP contribution in [0, 0.1) is 6.92 Å². The zero-order valence-corrected chi connectivity index (χ0v) is 21.2. The molecular weight excluding hydrogens is 454 g/mol. The smallest absolute Gasteiger partial charge is 0.164 e. The van der Waals surface area contributed by atoms with Crippen molar-refractivity contribution in [1.82, 2.24) is 19.4 Å². The summed E-state index contributed by atoms with van der Waals surface area (Å²) < 4.78 is 2.21. The average molecular weight is 484 g/mol. The van der Waals surface area contributed by atoms with Crippen molar-refractivity contribution in [3.8, 4) is 11.4 Å². The van der Waals surface area contributed by atoms with E-state index in [2.05, 4.69) is 90.5 Å². The van der Waals surface area contributed by atoms with Gasteiger partial charge in [-0.3, -0.25) is 0 Å². The number of rotatable bonds is 8. The summed E-state index contributed by atoms with van der Waals surface area (Å²) in [5.74, 6) is 1.58. The van der Waals surface area contributed by atoms with Gasteiger partial charge in [-0.15, -0.1) is 0 Å². The second-order valence-corrected chi connectivity index (χ2v) is 9.65. The van der Waals surface area contributed by atoms with E-state index in [1.807, 2.05) is 18.2 Å². The average Bonchev–Trinajstić information content (AvgIpc) is 3.22. The molecule has 5 aromatic rings. The molecule has 0 aliphatic heterocycles. The van der Waals surface area contributed by atoms with Gasteiger partial charge in [0, 0.05) is 35.6 Å². The van der Waals surface area contributed by atoms with Gasteiger partial charge < -0.3 is 14.8 Å². The number of aromatic nitrogens is 3. The van der Waals surface area contributed by atoms with E-state index < -0.39 is 0 Å². The standard InChI is InChI=1S/C29H30ClN5/c1-20-10-7-14-23-26(20)32-29(33-28(23)31-16-9-17-34(2)3)24-19-35(18-21-11-5-4-6-12-21)27-22(24)13-8-15-25(27)30/h4-8,10-15,19H,9,16-18H2,1-3H3,(H,31,32,33). The summed E-state index contributed by atoms with van der Waals surface area (Å²) >= 11 is 6.71. The van der Waals surface area contributed by atoms with Gasteiger partial charge in [-0.05, 0) is 57.2 Å². The summed E-state index contributed by atoms with van der Waals surface area (Å²) in [4.78, 5) is 12.3. The van der Waals surface area contributed by atoms with Crippen molar-refractivity contribution in [2.45, 2.75) is 19.9 Å². The maximum Gasteiger partial charge on any atom is 0.164 e. The van der Waals surface area contributed by atoms with E-state index in [-0.39, 0.29) is 0 Å². The molecule has 5 nitrogen and oxygen atoms in total. The van der Waals surface area contributed by atoms with Gasteiger partial charge in [-0.2, -0.15) is 0 Å². The maximum atomic E-state index is 6.71. The minimum atomic E-state index is 0.709. The number of anilines is 1. The molecule has 178 valence electrons. The third-order valence-corrected chi connectivity index (χ3v) is 6.59. The molecule has 0 aliphatic carbocycles. The monoisotopic (exact) mass is 483 g/mol. The molecule has 0 saturated carbocycles. The maximum absolute atomic E-state index is 6.71. The Hall–Kier alpha value is -3.41. The molecule has 35 heavy (non-hydrogen) atoms. The van der Waals surface area contributed by atoms with E-state index in [9.17, 15) is 0 Å². The lowest BCUT2D eigenvalue weighted by atomic mass is 10.1. The lowest BCUT2D eigenvalue weighted by molar-refractivity contribution is 0.405. The van der Waals surface area contributed by atoms with E-state index >= 15 is 0 Å². The molecule has 0 aliphatic rings. The summed E-state index contributed by atoms with van der Waals surface area (Å²) in [5, 5.41) is 6.40. The van der Waals surface area contributed by atoms with Crippen molar-refractivity contribution in [1.29, 1.82) is 0 Å². The lowest BCUT2D eigenvalue weighted by Gasteiger charge is -2.13. The number of nitrogens with zero attached hydrogens (tertiary/aromatic N) is 4. The van der Waals surface area contributed by atoms with Crippen LogP contribution >= 0.6 is 11.6 Å². The number of para-hydroxylation sites is 2. The number of benzene rings is 3. The van der Waals surface area contributed by atoms with Gasteiger partial charge in [-0.25, -0.2) is 9.97 Å². The number of hydrogen-bond acceptors (Lipinski definition) is 4. The van der Waals surface area contributed by atoms with Crippen LogP contribution in [-0.4, -0.2) is 46.6 Å². The molecule has 1 N–H and O–H groups in total. The highest BCUT2D eigenvalue weighted by Gasteiger charge is 2.18. The zero-order chi connectivity index (χ0) is 24.4. The molecule has 0 fully saturated rings. The zero-order valence-electron chi connectivity index (χ0n) is 20.4. The van der Waals surface area contributed by atoms with Crippen LogP contribution in [0.4, 0.5) is 5.82 Å². The van der Waals surface area contributed by atoms with Gasteiger partial charge in [0.05, 0.1) is 16.1 Å². The molecule has 2 heterocycles. The Labute approximate surface area is 211 Å². The summed E-state index contributed by atoms with van der Waals surface area (Å²) in [6, 6.07) is 22.7. The quantitative estimate of drug-likeness (QED) is 0.252. The highest BCUT2D eigenvalue weighted by molar-refractivity contribution is 6.35. The minimum absolute atomic E-state index is 0.709. The number of nitrogens with one attached hydrogen (secondary N) is 1. The van der Waals surface area contributed by atoms with E-state index in [1.165, 1.54) is 5.56 Å². The van der Waals surface area contributed by atoms with Crippen LogP contribution in [0.3, 0.4) is 0 Å². The van der Waals surface area contributed by atoms with Crippen molar-refractivity contribution in [3.63, 3.8) is 0 Å². The van der Waals surface area contributed by atoms with E-state index in [0.29, 0.717) is 5.82 Å². The third-order valence-electron chi connectivity index (χ3n) is 6.29. The van der Waals surface area contributed by atoms with Gasteiger partial charge in [0.1, 0.15) is 5.82 Å². The van der Waals surface area contributed by atoms with Gasteiger partial charge in [0.15, 0.2) is 5.82 Å². The van der Waals surface area contributed by atoms with Crippen LogP contribution in [0.25, 0.3) is 33.2 Å². The van der Waals surface area contributed by atoms with Gasteiger partial charge in [0.25, 0.3) is 0 Å². The lowest BCUT2D eigenvalue weighted by Crippen LogP contribution is -2.17. The van der Waals surface area contributed by atoms with E-state index in [0.717, 1.165) is 69.8 Å². The number of fused-ring (bicyclic) bond motifs is 2. The van der Waals surface area contributed by atoms with Crippen LogP contribution < -0.4 is 5.32 Å². The first-order chi connectivity index (χ1) is 17.0. The predicted octanol–water partition coefficient (Wildman–Crippen LogP) is 6.63. The highest BCUT2D eigenvalue weighted by atomic mass is 35.5. The summed E-state index contributed by atoms with van der Waals surface area (Å²) in [5.41, 5.74) is 5.31. The van der Waals surface area contributed by atoms with E-state index in [4.69, 9.17) is 21.6 Å². The Morgan fingerprint density at radius 2 is 1.69 bits per heavy atom. The predicted molar refractivity (Wildman–Crippen MR) is 147 cm³/mol. The Balaban J connectivity index is 1.63. The Bertz CT molecular complexity index is 1470. The molecule has 0 atom stereocenters. The fourth-order valence-corrected chi connectivity index (χ4v) is 4.83. The molecule has 2 aromatic heterocycles. The topological polar surface area (TPSA) is 46.0 Å². The van der Waals surface area contributed by atoms with Crippen molar-refractivity contribution >= 4 is 39.2 Å². The minimum Gasteiger partial charge on any atom is -0.369 e. The fraction of sp³-hybridized carbons (Fsp3) is 0.241. The third kappa shape index (κ3) is 4.88. The summed E-state index contributed by atoms with van der Waals surface area (Å²) in [6.07, 6.45) is 3.17. The highest BCUT2D eigenvalue weighted by Crippen LogP contribution is 2.35. The van der Waals surface area contributed by atoms with Crippen LogP contribution in [-0.2, 0) is 6.54 Å². The van der Waals surface area contributed by atoms with Crippen LogP contribution in [0.2, 0.25) is 5.02 Å². The molecule has 0 radical (unpaired) electrons. The molecule has 0 bridgehead atoms. The molecule has 3 aromatic carbocycles.